The van der Waals surface area contributed by atoms with Gasteiger partial charge in [-0.3, -0.25) is 4.79 Å². The van der Waals surface area contributed by atoms with E-state index in [4.69, 9.17) is 26.1 Å². The molecule has 1 heterocycles. The summed E-state index contributed by atoms with van der Waals surface area (Å²) in [5.74, 6) is 2.17. The van der Waals surface area contributed by atoms with Gasteiger partial charge in [0, 0.05) is 33.6 Å². The number of hydrogen-bond acceptors (Lipinski definition) is 4. The number of hydrogen-bond donors (Lipinski definition) is 2. The first kappa shape index (κ1) is 25.8. The van der Waals surface area contributed by atoms with Crippen molar-refractivity contribution in [3.8, 4) is 11.5 Å². The van der Waals surface area contributed by atoms with Crippen molar-refractivity contribution in [2.24, 2.45) is 10.4 Å². The van der Waals surface area contributed by atoms with Gasteiger partial charge in [-0.1, -0.05) is 24.4 Å². The highest BCUT2D eigenvalue weighted by molar-refractivity contribution is 14.0. The van der Waals surface area contributed by atoms with Crippen LogP contribution < -0.4 is 20.1 Å². The molecule has 1 aromatic rings. The van der Waals surface area contributed by atoms with E-state index in [0.29, 0.717) is 48.8 Å². The van der Waals surface area contributed by atoms with Crippen molar-refractivity contribution in [2.75, 3.05) is 40.4 Å². The zero-order valence-electron chi connectivity index (χ0n) is 18.6. The lowest BCUT2D eigenvalue weighted by molar-refractivity contribution is -0.138. The predicted molar refractivity (Wildman–Crippen MR) is 135 cm³/mol. The fourth-order valence-electron chi connectivity index (χ4n) is 4.13. The molecule has 3 rings (SSSR count). The van der Waals surface area contributed by atoms with E-state index in [-0.39, 0.29) is 35.3 Å². The van der Waals surface area contributed by atoms with E-state index in [9.17, 15) is 4.79 Å². The molecule has 0 radical (unpaired) electrons. The van der Waals surface area contributed by atoms with Gasteiger partial charge in [0.1, 0.15) is 0 Å². The maximum absolute atomic E-state index is 12.8. The van der Waals surface area contributed by atoms with Gasteiger partial charge in [-0.25, -0.2) is 4.99 Å². The zero-order valence-corrected chi connectivity index (χ0v) is 21.7. The summed E-state index contributed by atoms with van der Waals surface area (Å²) < 4.78 is 11.5. The summed E-state index contributed by atoms with van der Waals surface area (Å²) in [7, 11) is 3.66. The number of nitrogens with one attached hydrogen (secondary N) is 2. The maximum Gasteiger partial charge on any atom is 0.230 e. The fourth-order valence-corrected chi connectivity index (χ4v) is 4.42. The third-order valence-corrected chi connectivity index (χ3v) is 5.92. The molecule has 1 aliphatic carbocycles. The van der Waals surface area contributed by atoms with Crippen molar-refractivity contribution in [3.05, 3.63) is 22.7 Å². The Labute approximate surface area is 207 Å². The molecule has 1 amide bonds. The highest BCUT2D eigenvalue weighted by Crippen LogP contribution is 2.39. The van der Waals surface area contributed by atoms with Crippen LogP contribution in [0.2, 0.25) is 5.02 Å². The zero-order chi connectivity index (χ0) is 21.6. The molecule has 2 N–H and O–H groups in total. The molecule has 7 nitrogen and oxygen atoms in total. The average molecular weight is 565 g/mol. The van der Waals surface area contributed by atoms with Crippen LogP contribution in [0.5, 0.6) is 11.5 Å². The van der Waals surface area contributed by atoms with Crippen molar-refractivity contribution >= 4 is 47.4 Å². The highest BCUT2D eigenvalue weighted by Gasteiger charge is 2.42. The maximum atomic E-state index is 12.8. The van der Waals surface area contributed by atoms with Gasteiger partial charge in [0.2, 0.25) is 5.91 Å². The van der Waals surface area contributed by atoms with Gasteiger partial charge in [0.25, 0.3) is 0 Å². The number of amides is 1. The van der Waals surface area contributed by atoms with E-state index in [0.717, 1.165) is 44.2 Å². The number of carbonyl (C=O) groups is 1. The van der Waals surface area contributed by atoms with E-state index in [1.807, 2.05) is 33.2 Å². The van der Waals surface area contributed by atoms with E-state index >= 15 is 0 Å². The number of guanidine groups is 1. The number of halogens is 2. The molecule has 1 aromatic carbocycles. The van der Waals surface area contributed by atoms with Crippen LogP contribution in [-0.2, 0) is 11.3 Å². The van der Waals surface area contributed by atoms with Crippen molar-refractivity contribution in [3.63, 3.8) is 0 Å². The molecule has 174 valence electrons. The van der Waals surface area contributed by atoms with Gasteiger partial charge in [0.05, 0.1) is 30.2 Å². The number of aliphatic imine (C=N–C) groups is 1. The number of ether oxygens (including phenoxy) is 2. The Hall–Kier alpha value is -1.42. The van der Waals surface area contributed by atoms with Crippen LogP contribution in [0.15, 0.2) is 17.1 Å². The molecular weight excluding hydrogens is 531 g/mol. The lowest BCUT2D eigenvalue weighted by Crippen LogP contribution is -2.49. The van der Waals surface area contributed by atoms with Gasteiger partial charge in [-0.05, 0) is 37.5 Å². The Morgan fingerprint density at radius 1 is 1.16 bits per heavy atom. The Bertz CT molecular complexity index is 782. The molecule has 2 aliphatic rings. The third kappa shape index (κ3) is 6.54. The topological polar surface area (TPSA) is 75.2 Å². The third-order valence-electron chi connectivity index (χ3n) is 5.64. The monoisotopic (exact) mass is 564 g/mol. The minimum Gasteiger partial charge on any atom is -0.489 e. The summed E-state index contributed by atoms with van der Waals surface area (Å²) in [6.07, 6.45) is 4.83. The van der Waals surface area contributed by atoms with Crippen molar-refractivity contribution in [2.45, 2.75) is 45.6 Å². The lowest BCUT2D eigenvalue weighted by atomic mass is 9.84. The first-order valence-corrected chi connectivity index (χ1v) is 11.1. The summed E-state index contributed by atoms with van der Waals surface area (Å²) >= 11 is 6.40. The van der Waals surface area contributed by atoms with E-state index in [1.165, 1.54) is 0 Å². The SMILES string of the molecule is CCNC(=NCc1cc(Cl)c2c(c1)OCCCO2)NCC1(C(=O)N(C)C)CCCC1.I. The Morgan fingerprint density at radius 2 is 1.87 bits per heavy atom. The Morgan fingerprint density at radius 3 is 2.55 bits per heavy atom. The minimum atomic E-state index is -0.349. The predicted octanol–water partition coefficient (Wildman–Crippen LogP) is 3.82. The second-order valence-corrected chi connectivity index (χ2v) is 8.60. The van der Waals surface area contributed by atoms with Crippen LogP contribution in [0.1, 0.15) is 44.6 Å². The standard InChI is InChI=1S/C22H33ClN4O3.HI/c1-4-24-21(26-15-22(8-5-6-9-22)20(28)27(2)3)25-14-16-12-17(23)19-18(13-16)29-10-7-11-30-19;/h12-13H,4-11,14-15H2,1-3H3,(H2,24,25,26);1H. The molecule has 9 heteroatoms. The molecular formula is C22H34ClIN4O3. The highest BCUT2D eigenvalue weighted by atomic mass is 127. The Balaban J connectivity index is 0.00000341. The smallest absolute Gasteiger partial charge is 0.230 e. The van der Waals surface area contributed by atoms with Crippen LogP contribution in [0.3, 0.4) is 0 Å². The second-order valence-electron chi connectivity index (χ2n) is 8.19. The Kier molecular flexibility index (Phi) is 9.99. The van der Waals surface area contributed by atoms with Crippen molar-refractivity contribution in [1.82, 2.24) is 15.5 Å². The normalized spacial score (nSPS) is 17.4. The molecule has 1 saturated carbocycles. The summed E-state index contributed by atoms with van der Waals surface area (Å²) in [6.45, 7) is 5.01. The molecule has 0 unspecified atom stereocenters. The molecule has 1 aliphatic heterocycles. The lowest BCUT2D eigenvalue weighted by Gasteiger charge is -2.31. The summed E-state index contributed by atoms with van der Waals surface area (Å²) in [5.41, 5.74) is 0.597. The average Bonchev–Trinajstić information content (AvgIpc) is 3.08. The minimum absolute atomic E-state index is 0. The van der Waals surface area contributed by atoms with Crippen LogP contribution in [0.25, 0.3) is 0 Å². The van der Waals surface area contributed by atoms with E-state index in [2.05, 4.69) is 10.6 Å². The molecule has 0 saturated heterocycles. The van der Waals surface area contributed by atoms with Crippen LogP contribution in [0.4, 0.5) is 0 Å². The fraction of sp³-hybridized carbons (Fsp3) is 0.636. The van der Waals surface area contributed by atoms with Gasteiger partial charge in [-0.15, -0.1) is 24.0 Å². The summed E-state index contributed by atoms with van der Waals surface area (Å²) in [5, 5.41) is 7.21. The number of nitrogens with zero attached hydrogens (tertiary/aromatic N) is 2. The molecule has 0 atom stereocenters. The van der Waals surface area contributed by atoms with Crippen LogP contribution in [-0.4, -0.2) is 57.2 Å². The second kappa shape index (κ2) is 12.0. The van der Waals surface area contributed by atoms with Crippen LogP contribution in [0, 0.1) is 5.41 Å². The molecule has 0 bridgehead atoms. The summed E-state index contributed by atoms with van der Waals surface area (Å²) in [6, 6.07) is 3.81. The number of rotatable bonds is 6. The van der Waals surface area contributed by atoms with Gasteiger partial charge in [-0.2, -0.15) is 0 Å². The van der Waals surface area contributed by atoms with E-state index in [1.54, 1.807) is 4.90 Å². The van der Waals surface area contributed by atoms with Crippen molar-refractivity contribution in [1.29, 1.82) is 0 Å². The van der Waals surface area contributed by atoms with Crippen molar-refractivity contribution < 1.29 is 14.3 Å². The molecule has 0 aromatic heterocycles. The van der Waals surface area contributed by atoms with Gasteiger partial charge in [0.15, 0.2) is 17.5 Å². The van der Waals surface area contributed by atoms with E-state index < -0.39 is 0 Å². The number of carbonyl (C=O) groups excluding carboxylic acids is 1. The van der Waals surface area contributed by atoms with Gasteiger partial charge < -0.3 is 25.0 Å². The molecule has 31 heavy (non-hydrogen) atoms. The quantitative estimate of drug-likeness (QED) is 0.312. The van der Waals surface area contributed by atoms with Gasteiger partial charge >= 0.3 is 0 Å². The number of fused-ring (bicyclic) bond motifs is 1. The molecule has 0 spiro atoms. The molecule has 1 fully saturated rings. The number of benzene rings is 1. The first-order valence-electron chi connectivity index (χ1n) is 10.8. The van der Waals surface area contributed by atoms with Crippen LogP contribution >= 0.6 is 35.6 Å². The first-order chi connectivity index (χ1) is 14.4. The summed E-state index contributed by atoms with van der Waals surface area (Å²) in [4.78, 5) is 19.2. The largest absolute Gasteiger partial charge is 0.489 e.